The summed E-state index contributed by atoms with van der Waals surface area (Å²) in [6, 6.07) is 5.89. The van der Waals surface area contributed by atoms with Crippen LogP contribution in [-0.4, -0.2) is 30.3 Å². The van der Waals surface area contributed by atoms with E-state index in [1.54, 1.807) is 13.2 Å². The molecule has 1 aromatic carbocycles. The molecule has 3 N–H and O–H groups in total. The Labute approximate surface area is 130 Å². The maximum atomic E-state index is 11.7. The quantitative estimate of drug-likeness (QED) is 0.722. The summed E-state index contributed by atoms with van der Waals surface area (Å²) in [4.78, 5) is 22.8. The SMILES string of the molecule is COc1ccccc1/C=C/NC(=O)NC(CC(C)C)C(=O)O. The van der Waals surface area contributed by atoms with Crippen molar-refractivity contribution in [3.8, 4) is 5.75 Å². The van der Waals surface area contributed by atoms with Gasteiger partial charge in [0.1, 0.15) is 11.8 Å². The molecule has 0 fully saturated rings. The van der Waals surface area contributed by atoms with Crippen LogP contribution in [0.1, 0.15) is 25.8 Å². The molecule has 0 bridgehead atoms. The second kappa shape index (κ2) is 8.71. The number of urea groups is 1. The van der Waals surface area contributed by atoms with Gasteiger partial charge in [0, 0.05) is 11.8 Å². The molecule has 0 aromatic heterocycles. The summed E-state index contributed by atoms with van der Waals surface area (Å²) in [5, 5.41) is 14.0. The Hall–Kier alpha value is -2.50. The highest BCUT2D eigenvalue weighted by Crippen LogP contribution is 2.18. The molecule has 1 aromatic rings. The zero-order valence-electron chi connectivity index (χ0n) is 13.0. The van der Waals surface area contributed by atoms with E-state index < -0.39 is 18.0 Å². The van der Waals surface area contributed by atoms with Crippen LogP contribution in [0.25, 0.3) is 6.08 Å². The first-order valence-electron chi connectivity index (χ1n) is 7.03. The van der Waals surface area contributed by atoms with Gasteiger partial charge in [-0.2, -0.15) is 0 Å². The topological polar surface area (TPSA) is 87.7 Å². The fraction of sp³-hybridized carbons (Fsp3) is 0.375. The molecule has 0 aliphatic heterocycles. The molecule has 2 amide bonds. The van der Waals surface area contributed by atoms with Gasteiger partial charge in [0.05, 0.1) is 7.11 Å². The number of carbonyl (C=O) groups excluding carboxylic acids is 1. The summed E-state index contributed by atoms with van der Waals surface area (Å²) in [6.07, 6.45) is 3.50. The summed E-state index contributed by atoms with van der Waals surface area (Å²) in [5.41, 5.74) is 0.808. The van der Waals surface area contributed by atoms with Crippen molar-refractivity contribution in [1.82, 2.24) is 10.6 Å². The number of carboxylic acid groups (broad SMARTS) is 1. The van der Waals surface area contributed by atoms with Crippen molar-refractivity contribution in [2.45, 2.75) is 26.3 Å². The van der Waals surface area contributed by atoms with Crippen molar-refractivity contribution in [2.24, 2.45) is 5.92 Å². The lowest BCUT2D eigenvalue weighted by Crippen LogP contribution is -2.45. The number of carbonyl (C=O) groups is 2. The minimum atomic E-state index is -1.04. The molecule has 1 rings (SSSR count). The van der Waals surface area contributed by atoms with Gasteiger partial charge in [0.15, 0.2) is 0 Å². The molecule has 1 atom stereocenters. The maximum Gasteiger partial charge on any atom is 0.326 e. The Morgan fingerprint density at radius 1 is 1.32 bits per heavy atom. The lowest BCUT2D eigenvalue weighted by molar-refractivity contribution is -0.139. The summed E-state index contributed by atoms with van der Waals surface area (Å²) in [6.45, 7) is 3.80. The van der Waals surface area contributed by atoms with E-state index in [9.17, 15) is 9.59 Å². The second-order valence-electron chi connectivity index (χ2n) is 5.21. The van der Waals surface area contributed by atoms with Crippen molar-refractivity contribution in [1.29, 1.82) is 0 Å². The number of nitrogens with one attached hydrogen (secondary N) is 2. The minimum Gasteiger partial charge on any atom is -0.496 e. The third kappa shape index (κ3) is 5.87. The maximum absolute atomic E-state index is 11.7. The number of rotatable bonds is 7. The number of hydrogen-bond donors (Lipinski definition) is 3. The first-order valence-corrected chi connectivity index (χ1v) is 7.03. The van der Waals surface area contributed by atoms with Gasteiger partial charge in [-0.1, -0.05) is 32.0 Å². The van der Waals surface area contributed by atoms with E-state index >= 15 is 0 Å². The Morgan fingerprint density at radius 3 is 2.59 bits per heavy atom. The van der Waals surface area contributed by atoms with Gasteiger partial charge in [-0.25, -0.2) is 9.59 Å². The smallest absolute Gasteiger partial charge is 0.326 e. The van der Waals surface area contributed by atoms with Crippen molar-refractivity contribution >= 4 is 18.1 Å². The van der Waals surface area contributed by atoms with Gasteiger partial charge in [-0.3, -0.25) is 0 Å². The van der Waals surface area contributed by atoms with E-state index in [0.29, 0.717) is 12.2 Å². The van der Waals surface area contributed by atoms with Crippen LogP contribution in [0, 0.1) is 5.92 Å². The number of carboxylic acids is 1. The molecule has 0 spiro atoms. The van der Waals surface area contributed by atoms with E-state index in [4.69, 9.17) is 9.84 Å². The predicted octanol–water partition coefficient (Wildman–Crippen LogP) is 2.46. The van der Waals surface area contributed by atoms with Crippen molar-refractivity contribution in [3.05, 3.63) is 36.0 Å². The molecule has 0 aliphatic rings. The number of para-hydroxylation sites is 1. The van der Waals surface area contributed by atoms with E-state index in [1.807, 2.05) is 38.1 Å². The van der Waals surface area contributed by atoms with Gasteiger partial charge in [0.25, 0.3) is 0 Å². The standard InChI is InChI=1S/C16H22N2O4/c1-11(2)10-13(15(19)20)18-16(21)17-9-8-12-6-4-5-7-14(12)22-3/h4-9,11,13H,10H2,1-3H3,(H,19,20)(H2,17,18,21)/b9-8+. The van der Waals surface area contributed by atoms with E-state index in [0.717, 1.165) is 5.56 Å². The molecule has 6 nitrogen and oxygen atoms in total. The number of amides is 2. The summed E-state index contributed by atoms with van der Waals surface area (Å²) in [5.74, 6) is -0.188. The van der Waals surface area contributed by atoms with Crippen molar-refractivity contribution < 1.29 is 19.4 Å². The highest BCUT2D eigenvalue weighted by atomic mass is 16.5. The second-order valence-corrected chi connectivity index (χ2v) is 5.21. The molecular weight excluding hydrogens is 284 g/mol. The van der Waals surface area contributed by atoms with Crippen LogP contribution in [0.3, 0.4) is 0 Å². The van der Waals surface area contributed by atoms with Gasteiger partial charge in [-0.05, 0) is 24.5 Å². The van der Waals surface area contributed by atoms with Crippen LogP contribution >= 0.6 is 0 Å². The lowest BCUT2D eigenvalue weighted by Gasteiger charge is -2.16. The fourth-order valence-electron chi connectivity index (χ4n) is 1.90. The number of ether oxygens (including phenoxy) is 1. The van der Waals surface area contributed by atoms with Crippen LogP contribution in [0.5, 0.6) is 5.75 Å². The molecule has 1 unspecified atom stereocenters. The van der Waals surface area contributed by atoms with Crippen LogP contribution in [0.15, 0.2) is 30.5 Å². The molecule has 0 aliphatic carbocycles. The summed E-state index contributed by atoms with van der Waals surface area (Å²) in [7, 11) is 1.57. The normalized spacial score (nSPS) is 12.2. The minimum absolute atomic E-state index is 0.172. The number of hydrogen-bond acceptors (Lipinski definition) is 3. The van der Waals surface area contributed by atoms with Crippen molar-refractivity contribution in [2.75, 3.05) is 7.11 Å². The molecule has 0 saturated carbocycles. The average Bonchev–Trinajstić information content (AvgIpc) is 2.46. The highest BCUT2D eigenvalue weighted by Gasteiger charge is 2.20. The Balaban J connectivity index is 2.58. The first-order chi connectivity index (χ1) is 10.4. The molecule has 120 valence electrons. The molecule has 22 heavy (non-hydrogen) atoms. The van der Waals surface area contributed by atoms with Gasteiger partial charge >= 0.3 is 12.0 Å². The Kier molecular flexibility index (Phi) is 6.95. The van der Waals surface area contributed by atoms with Crippen LogP contribution in [0.2, 0.25) is 0 Å². The van der Waals surface area contributed by atoms with Gasteiger partial charge < -0.3 is 20.5 Å². The zero-order chi connectivity index (χ0) is 16.5. The Morgan fingerprint density at radius 2 is 2.00 bits per heavy atom. The first kappa shape index (κ1) is 17.6. The monoisotopic (exact) mass is 306 g/mol. The van der Waals surface area contributed by atoms with Crippen LogP contribution in [-0.2, 0) is 4.79 Å². The molecule has 0 heterocycles. The molecule has 0 radical (unpaired) electrons. The van der Waals surface area contributed by atoms with Gasteiger partial charge in [-0.15, -0.1) is 0 Å². The van der Waals surface area contributed by atoms with Gasteiger partial charge in [0.2, 0.25) is 0 Å². The summed E-state index contributed by atoms with van der Waals surface area (Å²) >= 11 is 0. The molecular formula is C16H22N2O4. The van der Waals surface area contributed by atoms with E-state index in [-0.39, 0.29) is 5.92 Å². The van der Waals surface area contributed by atoms with Crippen LogP contribution in [0.4, 0.5) is 4.79 Å². The molecule has 6 heteroatoms. The van der Waals surface area contributed by atoms with Crippen molar-refractivity contribution in [3.63, 3.8) is 0 Å². The predicted molar refractivity (Wildman–Crippen MR) is 84.6 cm³/mol. The Bertz CT molecular complexity index is 541. The van der Waals surface area contributed by atoms with E-state index in [1.165, 1.54) is 6.20 Å². The third-order valence-electron chi connectivity index (χ3n) is 2.93. The average molecular weight is 306 g/mol. The third-order valence-corrected chi connectivity index (χ3v) is 2.93. The fourth-order valence-corrected chi connectivity index (χ4v) is 1.90. The largest absolute Gasteiger partial charge is 0.496 e. The number of aliphatic carboxylic acids is 1. The van der Waals surface area contributed by atoms with Crippen LogP contribution < -0.4 is 15.4 Å². The summed E-state index contributed by atoms with van der Waals surface area (Å²) < 4.78 is 5.19. The zero-order valence-corrected chi connectivity index (χ0v) is 13.0. The molecule has 0 saturated heterocycles. The lowest BCUT2D eigenvalue weighted by atomic mass is 10.0. The number of methoxy groups -OCH3 is 1. The highest BCUT2D eigenvalue weighted by molar-refractivity contribution is 5.83. The number of benzene rings is 1. The van der Waals surface area contributed by atoms with E-state index in [2.05, 4.69) is 10.6 Å².